The number of hydrogen-bond donors (Lipinski definition) is 0. The van der Waals surface area contributed by atoms with E-state index in [1.165, 1.54) is 26.2 Å². The molecule has 0 saturated carbocycles. The van der Waals surface area contributed by atoms with Crippen molar-refractivity contribution in [2.45, 2.75) is 26.2 Å². The van der Waals surface area contributed by atoms with Gasteiger partial charge in [0.05, 0.1) is 6.54 Å². The average Bonchev–Trinajstić information content (AvgIpc) is 2.05. The molecule has 0 spiro atoms. The third kappa shape index (κ3) is 3.72. The highest BCUT2D eigenvalue weighted by molar-refractivity contribution is 5.65. The van der Waals surface area contributed by atoms with Crippen LogP contribution in [0.1, 0.15) is 26.2 Å². The quantitative estimate of drug-likeness (QED) is 0.596. The van der Waals surface area contributed by atoms with E-state index in [0.717, 1.165) is 13.1 Å². The topological polar surface area (TPSA) is 29.5 Å². The van der Waals surface area contributed by atoms with E-state index in [-0.39, 0.29) is 5.97 Å². The van der Waals surface area contributed by atoms with Gasteiger partial charge in [-0.3, -0.25) is 9.69 Å². The molecular weight excluding hydrogens is 154 g/mol. The molecule has 0 atom stereocenters. The second-order valence-corrected chi connectivity index (χ2v) is 3.08. The maximum Gasteiger partial charge on any atom is 0.302 e. The summed E-state index contributed by atoms with van der Waals surface area (Å²) in [7, 11) is 0. The molecule has 1 aliphatic heterocycles. The monoisotopic (exact) mass is 170 g/mol. The van der Waals surface area contributed by atoms with Crippen molar-refractivity contribution in [1.82, 2.24) is 4.90 Å². The minimum atomic E-state index is -0.205. The van der Waals surface area contributed by atoms with Crippen LogP contribution in [0.5, 0.6) is 0 Å². The Morgan fingerprint density at radius 2 is 2.08 bits per heavy atom. The van der Waals surface area contributed by atoms with E-state index in [1.807, 2.05) is 6.54 Å². The summed E-state index contributed by atoms with van der Waals surface area (Å²) in [4.78, 5) is 12.7. The first-order valence-electron chi connectivity index (χ1n) is 4.50. The predicted octanol–water partition coefficient (Wildman–Crippen LogP) is 1.20. The van der Waals surface area contributed by atoms with Crippen LogP contribution in [0.2, 0.25) is 0 Å². The molecule has 1 saturated heterocycles. The molecule has 1 fully saturated rings. The first kappa shape index (κ1) is 9.52. The SMILES string of the molecule is CC(=O)OC[CH]N1CCCCC1. The number of nitrogens with zero attached hydrogens (tertiary/aromatic N) is 1. The number of carbonyl (C=O) groups is 1. The van der Waals surface area contributed by atoms with Gasteiger partial charge in [-0.15, -0.1) is 0 Å². The number of ether oxygens (including phenoxy) is 1. The fourth-order valence-electron chi connectivity index (χ4n) is 1.36. The Bertz CT molecular complexity index is 141. The Hall–Kier alpha value is -0.570. The highest BCUT2D eigenvalue weighted by Gasteiger charge is 2.09. The van der Waals surface area contributed by atoms with Crippen molar-refractivity contribution in [2.75, 3.05) is 19.7 Å². The molecule has 1 heterocycles. The summed E-state index contributed by atoms with van der Waals surface area (Å²) in [5.41, 5.74) is 0. The van der Waals surface area contributed by atoms with Crippen LogP contribution in [-0.2, 0) is 9.53 Å². The first-order chi connectivity index (χ1) is 5.79. The Labute approximate surface area is 73.7 Å². The molecule has 3 heteroatoms. The van der Waals surface area contributed by atoms with Crippen LogP contribution in [0.25, 0.3) is 0 Å². The molecule has 0 N–H and O–H groups in total. The van der Waals surface area contributed by atoms with Crippen molar-refractivity contribution in [3.63, 3.8) is 0 Å². The summed E-state index contributed by atoms with van der Waals surface area (Å²) in [5.74, 6) is -0.205. The average molecular weight is 170 g/mol. The van der Waals surface area contributed by atoms with E-state index >= 15 is 0 Å². The molecule has 0 aromatic carbocycles. The molecule has 69 valence electrons. The van der Waals surface area contributed by atoms with Gasteiger partial charge in [-0.05, 0) is 25.9 Å². The Morgan fingerprint density at radius 1 is 1.42 bits per heavy atom. The van der Waals surface area contributed by atoms with Crippen LogP contribution in [0.3, 0.4) is 0 Å². The summed E-state index contributed by atoms with van der Waals surface area (Å²) >= 11 is 0. The number of piperidine rings is 1. The van der Waals surface area contributed by atoms with Crippen LogP contribution in [-0.4, -0.2) is 30.6 Å². The third-order valence-electron chi connectivity index (χ3n) is 2.01. The fourth-order valence-corrected chi connectivity index (χ4v) is 1.36. The minimum Gasteiger partial charge on any atom is -0.464 e. The highest BCUT2D eigenvalue weighted by Crippen LogP contribution is 2.09. The lowest BCUT2D eigenvalue weighted by Crippen LogP contribution is -2.29. The van der Waals surface area contributed by atoms with Gasteiger partial charge in [-0.2, -0.15) is 0 Å². The third-order valence-corrected chi connectivity index (χ3v) is 2.01. The lowest BCUT2D eigenvalue weighted by atomic mass is 10.1. The van der Waals surface area contributed by atoms with Gasteiger partial charge in [0.25, 0.3) is 0 Å². The zero-order valence-electron chi connectivity index (χ0n) is 7.58. The second kappa shape index (κ2) is 5.14. The van der Waals surface area contributed by atoms with Gasteiger partial charge in [0.1, 0.15) is 6.61 Å². The standard InChI is InChI=1S/C9H16NO2/c1-9(11)12-8-7-10-5-3-2-4-6-10/h7H,2-6,8H2,1H3. The molecule has 3 nitrogen and oxygen atoms in total. The zero-order valence-corrected chi connectivity index (χ0v) is 7.58. The van der Waals surface area contributed by atoms with E-state index in [1.54, 1.807) is 0 Å². The summed E-state index contributed by atoms with van der Waals surface area (Å²) < 4.78 is 4.81. The number of carbonyl (C=O) groups excluding carboxylic acids is 1. The summed E-state index contributed by atoms with van der Waals surface area (Å²) in [6, 6.07) is 0. The van der Waals surface area contributed by atoms with Crippen molar-refractivity contribution >= 4 is 5.97 Å². The number of rotatable bonds is 3. The van der Waals surface area contributed by atoms with E-state index < -0.39 is 0 Å². The summed E-state index contributed by atoms with van der Waals surface area (Å²) in [5, 5.41) is 0. The molecule has 0 aliphatic carbocycles. The van der Waals surface area contributed by atoms with Gasteiger partial charge < -0.3 is 4.74 Å². The van der Waals surface area contributed by atoms with Crippen LogP contribution < -0.4 is 0 Å². The van der Waals surface area contributed by atoms with E-state index in [4.69, 9.17) is 4.74 Å². The van der Waals surface area contributed by atoms with Crippen molar-refractivity contribution in [2.24, 2.45) is 0 Å². The van der Waals surface area contributed by atoms with Crippen molar-refractivity contribution in [3.05, 3.63) is 6.54 Å². The number of likely N-dealkylation sites (tertiary alicyclic amines) is 1. The lowest BCUT2D eigenvalue weighted by molar-refractivity contribution is -0.140. The minimum absolute atomic E-state index is 0.205. The Morgan fingerprint density at radius 3 is 2.67 bits per heavy atom. The second-order valence-electron chi connectivity index (χ2n) is 3.08. The Kier molecular flexibility index (Phi) is 4.08. The number of hydrogen-bond acceptors (Lipinski definition) is 3. The maximum absolute atomic E-state index is 10.4. The normalized spacial score (nSPS) is 19.1. The van der Waals surface area contributed by atoms with Gasteiger partial charge in [0.15, 0.2) is 0 Å². The molecule has 1 rings (SSSR count). The van der Waals surface area contributed by atoms with Crippen LogP contribution in [0, 0.1) is 6.54 Å². The Balaban J connectivity index is 2.01. The van der Waals surface area contributed by atoms with Gasteiger partial charge in [0, 0.05) is 6.92 Å². The van der Waals surface area contributed by atoms with Crippen molar-refractivity contribution in [1.29, 1.82) is 0 Å². The summed E-state index contributed by atoms with van der Waals surface area (Å²) in [6.07, 6.45) is 3.85. The highest BCUT2D eigenvalue weighted by atomic mass is 16.5. The molecule has 0 aromatic heterocycles. The van der Waals surface area contributed by atoms with Crippen molar-refractivity contribution < 1.29 is 9.53 Å². The van der Waals surface area contributed by atoms with Crippen molar-refractivity contribution in [3.8, 4) is 0 Å². The molecular formula is C9H16NO2. The molecule has 0 amide bonds. The lowest BCUT2D eigenvalue weighted by Gasteiger charge is -2.25. The van der Waals surface area contributed by atoms with E-state index in [9.17, 15) is 4.79 Å². The van der Waals surface area contributed by atoms with Crippen LogP contribution in [0.4, 0.5) is 0 Å². The predicted molar refractivity (Wildman–Crippen MR) is 46.4 cm³/mol. The maximum atomic E-state index is 10.4. The van der Waals surface area contributed by atoms with Gasteiger partial charge in [0.2, 0.25) is 0 Å². The van der Waals surface area contributed by atoms with E-state index in [0.29, 0.717) is 6.61 Å². The van der Waals surface area contributed by atoms with Gasteiger partial charge >= 0.3 is 5.97 Å². The molecule has 1 aliphatic rings. The molecule has 0 unspecified atom stereocenters. The van der Waals surface area contributed by atoms with Crippen LogP contribution >= 0.6 is 0 Å². The largest absolute Gasteiger partial charge is 0.464 e. The molecule has 0 bridgehead atoms. The van der Waals surface area contributed by atoms with Gasteiger partial charge in [-0.1, -0.05) is 6.42 Å². The summed E-state index contributed by atoms with van der Waals surface area (Å²) in [6.45, 7) is 6.06. The smallest absolute Gasteiger partial charge is 0.302 e. The molecule has 1 radical (unpaired) electrons. The molecule has 12 heavy (non-hydrogen) atoms. The number of esters is 1. The van der Waals surface area contributed by atoms with Gasteiger partial charge in [-0.25, -0.2) is 0 Å². The zero-order chi connectivity index (χ0) is 8.81. The fraction of sp³-hybridized carbons (Fsp3) is 0.778. The van der Waals surface area contributed by atoms with Crippen LogP contribution in [0.15, 0.2) is 0 Å². The van der Waals surface area contributed by atoms with E-state index in [2.05, 4.69) is 4.90 Å². The molecule has 0 aromatic rings. The first-order valence-corrected chi connectivity index (χ1v) is 4.50.